The minimum Gasteiger partial charge on any atom is -0.464 e. The normalized spacial score (nSPS) is 10.8. The molecule has 2 N–H and O–H groups in total. The van der Waals surface area contributed by atoms with E-state index in [1.807, 2.05) is 24.1 Å². The summed E-state index contributed by atoms with van der Waals surface area (Å²) in [6.45, 7) is 6.03. The molecule has 0 spiro atoms. The third-order valence-corrected chi connectivity index (χ3v) is 4.15. The largest absolute Gasteiger partial charge is 0.464 e. The van der Waals surface area contributed by atoms with Gasteiger partial charge in [0.05, 0.1) is 19.3 Å². The van der Waals surface area contributed by atoms with Gasteiger partial charge in [-0.3, -0.25) is 9.69 Å². The van der Waals surface area contributed by atoms with Crippen LogP contribution in [0.1, 0.15) is 24.3 Å². The van der Waals surface area contributed by atoms with Gasteiger partial charge in [0.15, 0.2) is 5.13 Å². The van der Waals surface area contributed by atoms with Crippen molar-refractivity contribution in [2.45, 2.75) is 13.8 Å². The van der Waals surface area contributed by atoms with Crippen LogP contribution < -0.4 is 5.32 Å². The molecule has 0 unspecified atom stereocenters. The van der Waals surface area contributed by atoms with E-state index in [9.17, 15) is 9.59 Å². The molecule has 1 amide bonds. The van der Waals surface area contributed by atoms with E-state index >= 15 is 0 Å². The zero-order valence-corrected chi connectivity index (χ0v) is 14.2. The van der Waals surface area contributed by atoms with Crippen molar-refractivity contribution in [2.24, 2.45) is 0 Å². The Kier molecular flexibility index (Phi) is 5.89. The Morgan fingerprint density at radius 2 is 2.13 bits per heavy atom. The summed E-state index contributed by atoms with van der Waals surface area (Å²) in [6, 6.07) is 1.67. The van der Waals surface area contributed by atoms with Crippen LogP contribution in [0.15, 0.2) is 17.6 Å². The van der Waals surface area contributed by atoms with Crippen LogP contribution in [0.4, 0.5) is 5.13 Å². The van der Waals surface area contributed by atoms with Crippen molar-refractivity contribution < 1.29 is 14.3 Å². The van der Waals surface area contributed by atoms with Crippen LogP contribution in [-0.2, 0) is 9.53 Å². The number of carbonyl (C=O) groups excluding carboxylic acids is 2. The molecule has 0 saturated carbocycles. The highest BCUT2D eigenvalue weighted by molar-refractivity contribution is 7.14. The third-order valence-electron chi connectivity index (χ3n) is 3.40. The number of aromatic amines is 1. The molecule has 0 aliphatic rings. The number of amides is 1. The summed E-state index contributed by atoms with van der Waals surface area (Å²) in [5.41, 5.74) is 1.83. The molecular formula is C15H20N4O3S. The Morgan fingerprint density at radius 3 is 2.78 bits per heavy atom. The Labute approximate surface area is 138 Å². The molecule has 0 bridgehead atoms. The first-order valence-electron chi connectivity index (χ1n) is 7.32. The lowest BCUT2D eigenvalue weighted by atomic mass is 10.2. The van der Waals surface area contributed by atoms with Crippen molar-refractivity contribution in [3.8, 4) is 11.3 Å². The molecule has 0 aromatic carbocycles. The van der Waals surface area contributed by atoms with Gasteiger partial charge in [-0.1, -0.05) is 13.8 Å². The fourth-order valence-electron chi connectivity index (χ4n) is 2.04. The van der Waals surface area contributed by atoms with E-state index in [1.165, 1.54) is 18.4 Å². The minimum absolute atomic E-state index is 0.0843. The smallest absolute Gasteiger partial charge is 0.354 e. The second-order valence-electron chi connectivity index (χ2n) is 4.84. The monoisotopic (exact) mass is 336 g/mol. The molecule has 0 aliphatic heterocycles. The van der Waals surface area contributed by atoms with Crippen molar-refractivity contribution in [3.05, 3.63) is 23.3 Å². The van der Waals surface area contributed by atoms with E-state index in [2.05, 4.69) is 20.0 Å². The maximum Gasteiger partial charge on any atom is 0.354 e. The standard InChI is InChI=1S/C15H20N4O3S/c1-4-19(5-2)8-13(20)18-15-17-12(9-23-15)10-6-11(16-7-10)14(21)22-3/h6-7,9,16H,4-5,8H2,1-3H3,(H,17,18,20). The van der Waals surface area contributed by atoms with Gasteiger partial charge >= 0.3 is 5.97 Å². The maximum atomic E-state index is 12.0. The quantitative estimate of drug-likeness (QED) is 0.757. The molecule has 2 heterocycles. The fourth-order valence-corrected chi connectivity index (χ4v) is 2.78. The Hall–Kier alpha value is -2.19. The lowest BCUT2D eigenvalue weighted by Gasteiger charge is -2.16. The van der Waals surface area contributed by atoms with Gasteiger partial charge in [-0.25, -0.2) is 9.78 Å². The lowest BCUT2D eigenvalue weighted by molar-refractivity contribution is -0.117. The number of H-pyrrole nitrogens is 1. The average molecular weight is 336 g/mol. The molecule has 0 atom stereocenters. The van der Waals surface area contributed by atoms with E-state index < -0.39 is 5.97 Å². The number of likely N-dealkylation sites (N-methyl/N-ethyl adjacent to an activating group) is 1. The van der Waals surface area contributed by atoms with E-state index in [1.54, 1.807) is 12.3 Å². The van der Waals surface area contributed by atoms with Gasteiger partial charge in [-0.2, -0.15) is 0 Å². The summed E-state index contributed by atoms with van der Waals surface area (Å²) < 4.78 is 4.65. The van der Waals surface area contributed by atoms with Crippen molar-refractivity contribution in [1.82, 2.24) is 14.9 Å². The SMILES string of the molecule is CCN(CC)CC(=O)Nc1nc(-c2c[nH]c(C(=O)OC)c2)cs1. The molecule has 2 aromatic rings. The first-order chi connectivity index (χ1) is 11.1. The number of hydrogen-bond donors (Lipinski definition) is 2. The van der Waals surface area contributed by atoms with Crippen molar-refractivity contribution in [2.75, 3.05) is 32.1 Å². The van der Waals surface area contributed by atoms with Gasteiger partial charge in [-0.05, 0) is 19.2 Å². The summed E-state index contributed by atoms with van der Waals surface area (Å²) in [7, 11) is 1.33. The molecule has 0 aliphatic carbocycles. The summed E-state index contributed by atoms with van der Waals surface area (Å²) >= 11 is 1.35. The van der Waals surface area contributed by atoms with Gasteiger partial charge in [0, 0.05) is 17.1 Å². The van der Waals surface area contributed by atoms with E-state index in [0.717, 1.165) is 18.7 Å². The number of anilines is 1. The molecule has 124 valence electrons. The highest BCUT2D eigenvalue weighted by atomic mass is 32.1. The number of hydrogen-bond acceptors (Lipinski definition) is 6. The maximum absolute atomic E-state index is 12.0. The highest BCUT2D eigenvalue weighted by Gasteiger charge is 2.13. The van der Waals surface area contributed by atoms with Crippen LogP contribution in [0.5, 0.6) is 0 Å². The van der Waals surface area contributed by atoms with Gasteiger partial charge in [0.2, 0.25) is 5.91 Å². The first-order valence-corrected chi connectivity index (χ1v) is 8.20. The number of thiazole rings is 1. The van der Waals surface area contributed by atoms with Crippen molar-refractivity contribution >= 4 is 28.3 Å². The fraction of sp³-hybridized carbons (Fsp3) is 0.400. The van der Waals surface area contributed by atoms with E-state index in [0.29, 0.717) is 23.1 Å². The number of nitrogens with one attached hydrogen (secondary N) is 2. The molecular weight excluding hydrogens is 316 g/mol. The van der Waals surface area contributed by atoms with E-state index in [4.69, 9.17) is 0 Å². The summed E-state index contributed by atoms with van der Waals surface area (Å²) in [4.78, 5) is 32.6. The van der Waals surface area contributed by atoms with Gasteiger partial charge < -0.3 is 15.0 Å². The topological polar surface area (TPSA) is 87.3 Å². The number of esters is 1. The van der Waals surface area contributed by atoms with Crippen LogP contribution in [0, 0.1) is 0 Å². The number of rotatable bonds is 7. The number of carbonyl (C=O) groups is 2. The molecule has 7 nitrogen and oxygen atoms in total. The summed E-state index contributed by atoms with van der Waals surface area (Å²) in [5.74, 6) is -0.516. The second kappa shape index (κ2) is 7.89. The Balaban J connectivity index is 2.01. The average Bonchev–Trinajstić information content (AvgIpc) is 3.20. The van der Waals surface area contributed by atoms with Gasteiger partial charge in [0.25, 0.3) is 0 Å². The number of aromatic nitrogens is 2. The molecule has 0 radical (unpaired) electrons. The zero-order chi connectivity index (χ0) is 16.8. The predicted octanol–water partition coefficient (Wildman–Crippen LogP) is 2.21. The van der Waals surface area contributed by atoms with Gasteiger partial charge in [0.1, 0.15) is 5.69 Å². The van der Waals surface area contributed by atoms with E-state index in [-0.39, 0.29) is 5.91 Å². The number of ether oxygens (including phenoxy) is 1. The molecule has 2 rings (SSSR count). The zero-order valence-electron chi connectivity index (χ0n) is 13.4. The molecule has 8 heteroatoms. The summed E-state index contributed by atoms with van der Waals surface area (Å²) in [5, 5.41) is 5.17. The Morgan fingerprint density at radius 1 is 1.39 bits per heavy atom. The summed E-state index contributed by atoms with van der Waals surface area (Å²) in [6.07, 6.45) is 1.68. The second-order valence-corrected chi connectivity index (χ2v) is 5.70. The molecule has 0 saturated heterocycles. The first kappa shape index (κ1) is 17.2. The van der Waals surface area contributed by atoms with Crippen LogP contribution in [-0.4, -0.2) is 53.5 Å². The van der Waals surface area contributed by atoms with Crippen LogP contribution in [0.25, 0.3) is 11.3 Å². The third kappa shape index (κ3) is 4.40. The van der Waals surface area contributed by atoms with Crippen LogP contribution in [0.2, 0.25) is 0 Å². The van der Waals surface area contributed by atoms with Crippen molar-refractivity contribution in [3.63, 3.8) is 0 Å². The Bertz CT molecular complexity index is 676. The molecule has 23 heavy (non-hydrogen) atoms. The van der Waals surface area contributed by atoms with Crippen LogP contribution in [0.3, 0.4) is 0 Å². The van der Waals surface area contributed by atoms with Gasteiger partial charge in [-0.15, -0.1) is 11.3 Å². The van der Waals surface area contributed by atoms with Crippen molar-refractivity contribution in [1.29, 1.82) is 0 Å². The molecule has 2 aromatic heterocycles. The highest BCUT2D eigenvalue weighted by Crippen LogP contribution is 2.25. The number of nitrogens with zero attached hydrogens (tertiary/aromatic N) is 2. The molecule has 0 fully saturated rings. The minimum atomic E-state index is -0.431. The van der Waals surface area contributed by atoms with Crippen LogP contribution >= 0.6 is 11.3 Å². The number of methoxy groups -OCH3 is 1. The lowest BCUT2D eigenvalue weighted by Crippen LogP contribution is -2.32. The predicted molar refractivity (Wildman–Crippen MR) is 89.7 cm³/mol.